The van der Waals surface area contributed by atoms with Crippen molar-refractivity contribution in [2.45, 2.75) is 18.6 Å². The zero-order valence-corrected chi connectivity index (χ0v) is 12.6. The van der Waals surface area contributed by atoms with Crippen LogP contribution in [0.2, 0.25) is 5.02 Å². The van der Waals surface area contributed by atoms with E-state index < -0.39 is 5.60 Å². The Kier molecular flexibility index (Phi) is 3.74. The van der Waals surface area contributed by atoms with Crippen molar-refractivity contribution in [3.63, 3.8) is 0 Å². The average Bonchev–Trinajstić information content (AvgIpc) is 2.42. The summed E-state index contributed by atoms with van der Waals surface area (Å²) in [5, 5.41) is 11.5. The molecule has 0 aromatic heterocycles. The molecular formula is C17H17ClFNO. The normalized spacial score (nSPS) is 22.1. The van der Waals surface area contributed by atoms with Crippen LogP contribution in [0, 0.1) is 5.82 Å². The molecule has 2 aromatic rings. The predicted octanol–water partition coefficient (Wildman–Crippen LogP) is 3.35. The lowest BCUT2D eigenvalue weighted by Crippen LogP contribution is -2.45. The minimum Gasteiger partial charge on any atom is -0.383 e. The van der Waals surface area contributed by atoms with Crippen LogP contribution in [-0.2, 0) is 18.6 Å². The summed E-state index contributed by atoms with van der Waals surface area (Å²) in [6.45, 7) is 1.27. The molecule has 0 aliphatic carbocycles. The Morgan fingerprint density at radius 1 is 1.29 bits per heavy atom. The Morgan fingerprint density at radius 2 is 2.05 bits per heavy atom. The van der Waals surface area contributed by atoms with Crippen molar-refractivity contribution < 1.29 is 9.50 Å². The van der Waals surface area contributed by atoms with Gasteiger partial charge in [0.25, 0.3) is 0 Å². The van der Waals surface area contributed by atoms with Crippen LogP contribution in [0.25, 0.3) is 0 Å². The number of rotatable bonds is 2. The fraction of sp³-hybridized carbons (Fsp3) is 0.294. The zero-order valence-electron chi connectivity index (χ0n) is 11.8. The lowest BCUT2D eigenvalue weighted by molar-refractivity contribution is -0.00905. The monoisotopic (exact) mass is 305 g/mol. The quantitative estimate of drug-likeness (QED) is 0.920. The molecule has 4 heteroatoms. The lowest BCUT2D eigenvalue weighted by Gasteiger charge is -2.39. The SMILES string of the molecule is CN1Cc2ccccc2C(O)(Cc2ccc(Cl)cc2F)C1. The second-order valence-electron chi connectivity index (χ2n) is 5.77. The van der Waals surface area contributed by atoms with E-state index in [1.807, 2.05) is 31.3 Å². The third-order valence-electron chi connectivity index (χ3n) is 3.99. The summed E-state index contributed by atoms with van der Waals surface area (Å²) in [4.78, 5) is 2.05. The van der Waals surface area contributed by atoms with E-state index in [0.29, 0.717) is 17.1 Å². The molecule has 110 valence electrons. The van der Waals surface area contributed by atoms with Gasteiger partial charge in [-0.15, -0.1) is 0 Å². The molecule has 0 saturated carbocycles. The van der Waals surface area contributed by atoms with Crippen molar-refractivity contribution in [1.82, 2.24) is 4.90 Å². The molecule has 0 amide bonds. The van der Waals surface area contributed by atoms with E-state index in [1.54, 1.807) is 12.1 Å². The van der Waals surface area contributed by atoms with Crippen molar-refractivity contribution in [3.05, 3.63) is 70.0 Å². The summed E-state index contributed by atoms with van der Waals surface area (Å²) in [5.41, 5.74) is 1.37. The second kappa shape index (κ2) is 5.41. The van der Waals surface area contributed by atoms with Crippen molar-refractivity contribution >= 4 is 11.6 Å². The van der Waals surface area contributed by atoms with Crippen LogP contribution in [0.1, 0.15) is 16.7 Å². The maximum Gasteiger partial charge on any atom is 0.128 e. The van der Waals surface area contributed by atoms with Crippen LogP contribution in [-0.4, -0.2) is 23.6 Å². The molecule has 2 aromatic carbocycles. The third kappa shape index (κ3) is 2.82. The van der Waals surface area contributed by atoms with E-state index >= 15 is 0 Å². The standard InChI is InChI=1S/C17H17ClFNO/c1-20-10-13-4-2-3-5-15(13)17(21,11-20)9-12-6-7-14(18)8-16(12)19/h2-8,21H,9-11H2,1H3. The first kappa shape index (κ1) is 14.5. The summed E-state index contributed by atoms with van der Waals surface area (Å²) in [7, 11) is 1.96. The van der Waals surface area contributed by atoms with E-state index in [-0.39, 0.29) is 12.2 Å². The van der Waals surface area contributed by atoms with Gasteiger partial charge in [0.15, 0.2) is 0 Å². The number of halogens is 2. The first-order valence-electron chi connectivity index (χ1n) is 6.91. The molecule has 2 nitrogen and oxygen atoms in total. The number of hydrogen-bond donors (Lipinski definition) is 1. The predicted molar refractivity (Wildman–Crippen MR) is 81.8 cm³/mol. The molecule has 1 unspecified atom stereocenters. The Labute approximate surface area is 128 Å². The molecule has 3 rings (SSSR count). The van der Waals surface area contributed by atoms with Gasteiger partial charge in [-0.3, -0.25) is 4.90 Å². The molecule has 0 spiro atoms. The van der Waals surface area contributed by atoms with Crippen LogP contribution in [0.4, 0.5) is 4.39 Å². The topological polar surface area (TPSA) is 23.5 Å². The van der Waals surface area contributed by atoms with Crippen molar-refractivity contribution in [2.24, 2.45) is 0 Å². The van der Waals surface area contributed by atoms with Crippen molar-refractivity contribution in [3.8, 4) is 0 Å². The Morgan fingerprint density at radius 3 is 2.81 bits per heavy atom. The number of benzene rings is 2. The number of fused-ring (bicyclic) bond motifs is 1. The molecule has 1 aliphatic rings. The summed E-state index contributed by atoms with van der Waals surface area (Å²) in [6, 6.07) is 12.4. The van der Waals surface area contributed by atoms with Gasteiger partial charge >= 0.3 is 0 Å². The summed E-state index contributed by atoms with van der Waals surface area (Å²) in [6.07, 6.45) is 0.233. The molecule has 0 saturated heterocycles. The van der Waals surface area contributed by atoms with E-state index in [2.05, 4.69) is 4.90 Å². The maximum absolute atomic E-state index is 14.0. The first-order valence-corrected chi connectivity index (χ1v) is 7.29. The molecule has 1 aliphatic heterocycles. The molecule has 0 bridgehead atoms. The highest BCUT2D eigenvalue weighted by Crippen LogP contribution is 2.34. The molecule has 0 fully saturated rings. The van der Waals surface area contributed by atoms with Gasteiger partial charge in [-0.05, 0) is 35.9 Å². The Bertz CT molecular complexity index is 676. The number of nitrogens with zero attached hydrogens (tertiary/aromatic N) is 1. The van der Waals surface area contributed by atoms with Crippen molar-refractivity contribution in [1.29, 1.82) is 0 Å². The van der Waals surface area contributed by atoms with Crippen LogP contribution in [0.5, 0.6) is 0 Å². The maximum atomic E-state index is 14.0. The summed E-state index contributed by atoms with van der Waals surface area (Å²) >= 11 is 5.79. The number of likely N-dealkylation sites (N-methyl/N-ethyl adjacent to an activating group) is 1. The van der Waals surface area contributed by atoms with Crippen LogP contribution >= 0.6 is 11.6 Å². The summed E-state index contributed by atoms with van der Waals surface area (Å²) < 4.78 is 14.0. The Balaban J connectivity index is 2.00. The molecule has 1 heterocycles. The highest BCUT2D eigenvalue weighted by Gasteiger charge is 2.37. The van der Waals surface area contributed by atoms with Crippen LogP contribution in [0.3, 0.4) is 0 Å². The second-order valence-corrected chi connectivity index (χ2v) is 6.21. The van der Waals surface area contributed by atoms with Gasteiger partial charge in [0, 0.05) is 24.5 Å². The van der Waals surface area contributed by atoms with Gasteiger partial charge in [0.05, 0.1) is 0 Å². The smallest absolute Gasteiger partial charge is 0.128 e. The van der Waals surface area contributed by atoms with Gasteiger partial charge in [0.2, 0.25) is 0 Å². The first-order chi connectivity index (χ1) is 9.98. The minimum atomic E-state index is -1.09. The van der Waals surface area contributed by atoms with Gasteiger partial charge in [-0.25, -0.2) is 4.39 Å². The number of β-amino-alcohol motifs (C(OH)–C–C–N with tert-alkyl or cyclic N) is 1. The minimum absolute atomic E-state index is 0.233. The largest absolute Gasteiger partial charge is 0.383 e. The van der Waals surface area contributed by atoms with Crippen LogP contribution < -0.4 is 0 Å². The molecule has 21 heavy (non-hydrogen) atoms. The van der Waals surface area contributed by atoms with E-state index in [4.69, 9.17) is 11.6 Å². The van der Waals surface area contributed by atoms with Gasteiger partial charge in [-0.1, -0.05) is 41.9 Å². The average molecular weight is 306 g/mol. The van der Waals surface area contributed by atoms with E-state index in [0.717, 1.165) is 17.7 Å². The fourth-order valence-electron chi connectivity index (χ4n) is 3.12. The summed E-state index contributed by atoms with van der Waals surface area (Å²) in [5.74, 6) is -0.373. The highest BCUT2D eigenvalue weighted by molar-refractivity contribution is 6.30. The number of hydrogen-bond acceptors (Lipinski definition) is 2. The zero-order chi connectivity index (χ0) is 15.0. The fourth-order valence-corrected chi connectivity index (χ4v) is 3.28. The molecular weight excluding hydrogens is 289 g/mol. The van der Waals surface area contributed by atoms with E-state index in [9.17, 15) is 9.50 Å². The number of aliphatic hydroxyl groups is 1. The molecule has 0 radical (unpaired) electrons. The highest BCUT2D eigenvalue weighted by atomic mass is 35.5. The van der Waals surface area contributed by atoms with Gasteiger partial charge in [0.1, 0.15) is 11.4 Å². The molecule has 1 atom stereocenters. The van der Waals surface area contributed by atoms with E-state index in [1.165, 1.54) is 6.07 Å². The Hall–Kier alpha value is -1.42. The third-order valence-corrected chi connectivity index (χ3v) is 4.22. The van der Waals surface area contributed by atoms with Gasteiger partial charge in [-0.2, -0.15) is 0 Å². The van der Waals surface area contributed by atoms with Gasteiger partial charge < -0.3 is 5.11 Å². The molecule has 1 N–H and O–H groups in total. The van der Waals surface area contributed by atoms with Crippen LogP contribution in [0.15, 0.2) is 42.5 Å². The van der Waals surface area contributed by atoms with Crippen molar-refractivity contribution in [2.75, 3.05) is 13.6 Å². The lowest BCUT2D eigenvalue weighted by atomic mass is 9.81.